The third-order valence-corrected chi connectivity index (χ3v) is 7.08. The fourth-order valence-electron chi connectivity index (χ4n) is 3.79. The van der Waals surface area contributed by atoms with E-state index >= 15 is 0 Å². The fourth-order valence-corrected chi connectivity index (χ4v) is 5.39. The average Bonchev–Trinajstić information content (AvgIpc) is 3.02. The summed E-state index contributed by atoms with van der Waals surface area (Å²) in [5.74, 6) is 0.762. The first-order valence-corrected chi connectivity index (χ1v) is 12.0. The first kappa shape index (κ1) is 23.0. The third kappa shape index (κ3) is 5.26. The Balaban J connectivity index is 1.40. The molecule has 0 bridgehead atoms. The number of thiocarbonyl (C=S) groups is 1. The zero-order valence-corrected chi connectivity index (χ0v) is 20.1. The second-order valence-corrected chi connectivity index (χ2v) is 10.1. The number of carbonyl (C=O) groups is 2. The van der Waals surface area contributed by atoms with Crippen LogP contribution in [-0.4, -0.2) is 51.6 Å². The summed E-state index contributed by atoms with van der Waals surface area (Å²) in [7, 11) is 0. The van der Waals surface area contributed by atoms with E-state index in [0.717, 1.165) is 0 Å². The van der Waals surface area contributed by atoms with Crippen LogP contribution in [0, 0.1) is 0 Å². The Kier molecular flexibility index (Phi) is 7.05. The third-order valence-electron chi connectivity index (χ3n) is 5.17. The standard InChI is InChI=1S/C23H23ClN2O4S2/c1-14-12-25(13-15(2)29-14)23(31)32-20-11-21(27)26(22(20)28)17-5-9-19(10-6-17)30-18-7-3-16(24)4-8-18/h3-10,14-15,20H,11-13H2,1-2H3/t14-,15+,20-/m0/s1. The molecule has 0 aromatic heterocycles. The second-order valence-electron chi connectivity index (χ2n) is 7.86. The molecule has 0 saturated carbocycles. The number of benzene rings is 2. The lowest BCUT2D eigenvalue weighted by Gasteiger charge is -2.36. The number of rotatable bonds is 4. The maximum Gasteiger partial charge on any atom is 0.247 e. The van der Waals surface area contributed by atoms with E-state index in [4.69, 9.17) is 33.3 Å². The summed E-state index contributed by atoms with van der Waals surface area (Å²) in [6.45, 7) is 5.37. The Morgan fingerprint density at radius 3 is 2.19 bits per heavy atom. The highest BCUT2D eigenvalue weighted by Gasteiger charge is 2.41. The van der Waals surface area contributed by atoms with Crippen LogP contribution in [0.25, 0.3) is 0 Å². The highest BCUT2D eigenvalue weighted by molar-refractivity contribution is 8.23. The van der Waals surface area contributed by atoms with Crippen LogP contribution >= 0.6 is 35.6 Å². The van der Waals surface area contributed by atoms with E-state index in [1.807, 2.05) is 13.8 Å². The van der Waals surface area contributed by atoms with Gasteiger partial charge in [0.15, 0.2) is 0 Å². The number of halogens is 1. The Labute approximate surface area is 201 Å². The van der Waals surface area contributed by atoms with Gasteiger partial charge in [0, 0.05) is 24.5 Å². The summed E-state index contributed by atoms with van der Waals surface area (Å²) in [4.78, 5) is 28.9. The van der Waals surface area contributed by atoms with E-state index < -0.39 is 5.25 Å². The topological polar surface area (TPSA) is 59.1 Å². The van der Waals surface area contributed by atoms with E-state index in [-0.39, 0.29) is 30.4 Å². The Bertz CT molecular complexity index is 1010. The van der Waals surface area contributed by atoms with Gasteiger partial charge in [-0.05, 0) is 62.4 Å². The van der Waals surface area contributed by atoms with Crippen molar-refractivity contribution in [3.8, 4) is 11.5 Å². The van der Waals surface area contributed by atoms with Crippen molar-refractivity contribution in [2.24, 2.45) is 0 Å². The molecule has 2 fully saturated rings. The number of imide groups is 1. The van der Waals surface area contributed by atoms with Crippen molar-refractivity contribution in [2.75, 3.05) is 18.0 Å². The Hall–Kier alpha value is -2.13. The summed E-state index contributed by atoms with van der Waals surface area (Å²) in [6.07, 6.45) is 0.272. The van der Waals surface area contributed by atoms with Gasteiger partial charge in [0.2, 0.25) is 11.8 Å². The van der Waals surface area contributed by atoms with Gasteiger partial charge in [-0.15, -0.1) is 0 Å². The van der Waals surface area contributed by atoms with Crippen LogP contribution in [0.3, 0.4) is 0 Å². The quantitative estimate of drug-likeness (QED) is 0.446. The molecular formula is C23H23ClN2O4S2. The first-order valence-electron chi connectivity index (χ1n) is 10.3. The van der Waals surface area contributed by atoms with Gasteiger partial charge >= 0.3 is 0 Å². The molecule has 2 aromatic rings. The Morgan fingerprint density at radius 1 is 1.03 bits per heavy atom. The summed E-state index contributed by atoms with van der Waals surface area (Å²) in [5, 5.41) is 0.108. The number of nitrogens with zero attached hydrogens (tertiary/aromatic N) is 2. The number of ether oxygens (including phenoxy) is 2. The summed E-state index contributed by atoms with van der Waals surface area (Å²) in [6, 6.07) is 13.9. The highest BCUT2D eigenvalue weighted by atomic mass is 35.5. The lowest BCUT2D eigenvalue weighted by Crippen LogP contribution is -2.47. The van der Waals surface area contributed by atoms with Crippen molar-refractivity contribution in [3.63, 3.8) is 0 Å². The molecule has 168 valence electrons. The molecule has 0 radical (unpaired) electrons. The summed E-state index contributed by atoms with van der Waals surface area (Å²) < 4.78 is 12.2. The molecule has 9 heteroatoms. The predicted molar refractivity (Wildman–Crippen MR) is 131 cm³/mol. The summed E-state index contributed by atoms with van der Waals surface area (Å²) >= 11 is 12.8. The van der Waals surface area contributed by atoms with Crippen molar-refractivity contribution in [1.82, 2.24) is 4.90 Å². The Morgan fingerprint density at radius 2 is 1.59 bits per heavy atom. The second kappa shape index (κ2) is 9.79. The smallest absolute Gasteiger partial charge is 0.247 e. The van der Waals surface area contributed by atoms with E-state index in [2.05, 4.69) is 4.90 Å². The molecule has 2 aliphatic rings. The predicted octanol–water partition coefficient (Wildman–Crippen LogP) is 4.89. The van der Waals surface area contributed by atoms with Crippen molar-refractivity contribution in [1.29, 1.82) is 0 Å². The van der Waals surface area contributed by atoms with Crippen molar-refractivity contribution in [2.45, 2.75) is 37.7 Å². The molecule has 2 heterocycles. The number of carbonyl (C=O) groups excluding carboxylic acids is 2. The highest BCUT2D eigenvalue weighted by Crippen LogP contribution is 2.33. The van der Waals surface area contributed by atoms with Crippen LogP contribution in [0.15, 0.2) is 48.5 Å². The zero-order valence-electron chi connectivity index (χ0n) is 17.7. The van der Waals surface area contributed by atoms with Gasteiger partial charge in [-0.3, -0.25) is 9.59 Å². The summed E-state index contributed by atoms with van der Waals surface area (Å²) in [5.41, 5.74) is 0.520. The molecule has 6 nitrogen and oxygen atoms in total. The number of anilines is 1. The number of hydrogen-bond acceptors (Lipinski definition) is 6. The maximum absolute atomic E-state index is 13.0. The van der Waals surface area contributed by atoms with E-state index in [1.165, 1.54) is 16.7 Å². The molecule has 3 atom stereocenters. The molecule has 2 amide bonds. The van der Waals surface area contributed by atoms with E-state index in [1.54, 1.807) is 48.5 Å². The zero-order chi connectivity index (χ0) is 22.8. The molecule has 2 aromatic carbocycles. The van der Waals surface area contributed by atoms with Crippen LogP contribution in [0.5, 0.6) is 11.5 Å². The lowest BCUT2D eigenvalue weighted by atomic mass is 10.2. The number of morpholine rings is 1. The number of amides is 2. The van der Waals surface area contributed by atoms with Crippen molar-refractivity contribution >= 4 is 57.4 Å². The van der Waals surface area contributed by atoms with Crippen molar-refractivity contribution < 1.29 is 19.1 Å². The average molecular weight is 491 g/mol. The monoisotopic (exact) mass is 490 g/mol. The molecule has 0 N–H and O–H groups in total. The van der Waals surface area contributed by atoms with Crippen LogP contribution in [0.1, 0.15) is 20.3 Å². The molecule has 32 heavy (non-hydrogen) atoms. The van der Waals surface area contributed by atoms with Gasteiger partial charge < -0.3 is 14.4 Å². The van der Waals surface area contributed by atoms with E-state index in [9.17, 15) is 9.59 Å². The molecule has 2 saturated heterocycles. The molecule has 0 spiro atoms. The van der Waals surface area contributed by atoms with E-state index in [0.29, 0.717) is 39.6 Å². The molecule has 0 aliphatic carbocycles. The maximum atomic E-state index is 13.0. The van der Waals surface area contributed by atoms with Gasteiger partial charge in [-0.25, -0.2) is 4.90 Å². The van der Waals surface area contributed by atoms with Crippen LogP contribution in [0.2, 0.25) is 5.02 Å². The fraction of sp³-hybridized carbons (Fsp3) is 0.348. The molecule has 2 aliphatic heterocycles. The van der Waals surface area contributed by atoms with Gasteiger partial charge in [-0.2, -0.15) is 0 Å². The minimum absolute atomic E-state index is 0.0725. The largest absolute Gasteiger partial charge is 0.457 e. The molecule has 0 unspecified atom stereocenters. The van der Waals surface area contributed by atoms with Crippen molar-refractivity contribution in [3.05, 3.63) is 53.6 Å². The SMILES string of the molecule is C[C@@H]1CN(C(=S)S[C@H]2CC(=O)N(c3ccc(Oc4ccc(Cl)cc4)cc3)C2=O)C[C@H](C)O1. The lowest BCUT2D eigenvalue weighted by molar-refractivity contribution is -0.121. The molecular weight excluding hydrogens is 468 g/mol. The minimum Gasteiger partial charge on any atom is -0.457 e. The molecule has 4 rings (SSSR count). The van der Waals surface area contributed by atoms with Gasteiger partial charge in [-0.1, -0.05) is 35.6 Å². The van der Waals surface area contributed by atoms with Crippen LogP contribution < -0.4 is 9.64 Å². The minimum atomic E-state index is -0.520. The van der Waals surface area contributed by atoms with Crippen LogP contribution in [-0.2, 0) is 14.3 Å². The normalized spacial score (nSPS) is 23.5. The van der Waals surface area contributed by atoms with Gasteiger partial charge in [0.05, 0.1) is 17.9 Å². The number of thioether (sulfide) groups is 1. The first-order chi connectivity index (χ1) is 15.3. The van der Waals surface area contributed by atoms with Gasteiger partial charge in [0.25, 0.3) is 0 Å². The number of hydrogen-bond donors (Lipinski definition) is 0. The van der Waals surface area contributed by atoms with Crippen LogP contribution in [0.4, 0.5) is 5.69 Å². The van der Waals surface area contributed by atoms with Gasteiger partial charge in [0.1, 0.15) is 21.1 Å².